The Bertz CT molecular complexity index is 766. The first-order valence-electron chi connectivity index (χ1n) is 26.5. The predicted molar refractivity (Wildman–Crippen MR) is 251 cm³/mol. The van der Waals surface area contributed by atoms with Gasteiger partial charge in [-0.1, -0.05) is 295 Å². The van der Waals surface area contributed by atoms with E-state index >= 15 is 0 Å². The molecule has 0 heterocycles. The number of unbranched alkanes of at least 4 members (excludes halogenated alkanes) is 47. The zero-order chi connectivity index (χ0) is 41.2. The molecule has 57 heavy (non-hydrogen) atoms. The van der Waals surface area contributed by atoms with Gasteiger partial charge in [0.2, 0.25) is 0 Å². The third-order valence-corrected chi connectivity index (χ3v) is 12.7. The number of esters is 1. The molecule has 0 aliphatic carbocycles. The van der Waals surface area contributed by atoms with E-state index in [-0.39, 0.29) is 5.97 Å². The van der Waals surface area contributed by atoms with E-state index < -0.39 is 5.97 Å². The molecular formula is C53H104O4. The summed E-state index contributed by atoms with van der Waals surface area (Å²) in [5.74, 6) is -0.710. The molecule has 0 aliphatic rings. The smallest absolute Gasteiger partial charge is 0.305 e. The molecule has 4 heteroatoms. The molecule has 0 aliphatic heterocycles. The fourth-order valence-corrected chi connectivity index (χ4v) is 8.78. The summed E-state index contributed by atoms with van der Waals surface area (Å²) < 4.78 is 4.69. The number of rotatable bonds is 51. The summed E-state index contributed by atoms with van der Waals surface area (Å²) in [5, 5.41) is 8.67. The zero-order valence-electron chi connectivity index (χ0n) is 39.0. The highest BCUT2D eigenvalue weighted by Gasteiger charge is 2.01. The second-order valence-corrected chi connectivity index (χ2v) is 18.4. The molecule has 340 valence electrons. The van der Waals surface area contributed by atoms with Crippen molar-refractivity contribution < 1.29 is 19.4 Å². The van der Waals surface area contributed by atoms with E-state index in [1.165, 1.54) is 296 Å². The Kier molecular flexibility index (Phi) is 50.1. The van der Waals surface area contributed by atoms with Gasteiger partial charge in [-0.25, -0.2) is 0 Å². The van der Waals surface area contributed by atoms with Crippen molar-refractivity contribution in [2.45, 2.75) is 321 Å². The van der Waals surface area contributed by atoms with Crippen LogP contribution in [0, 0.1) is 0 Å². The Morgan fingerprint density at radius 1 is 0.246 bits per heavy atom. The minimum atomic E-state index is -0.648. The van der Waals surface area contributed by atoms with E-state index in [0.29, 0.717) is 12.8 Å². The molecule has 0 aromatic carbocycles. The lowest BCUT2D eigenvalue weighted by Gasteiger charge is -2.05. The molecule has 0 unspecified atom stereocenters. The molecule has 4 nitrogen and oxygen atoms in total. The van der Waals surface area contributed by atoms with Crippen molar-refractivity contribution in [1.82, 2.24) is 0 Å². The highest BCUT2D eigenvalue weighted by molar-refractivity contribution is 5.69. The summed E-state index contributed by atoms with van der Waals surface area (Å²) >= 11 is 0. The van der Waals surface area contributed by atoms with E-state index in [1.54, 1.807) is 0 Å². The highest BCUT2D eigenvalue weighted by Crippen LogP contribution is 2.19. The normalized spacial score (nSPS) is 11.5. The van der Waals surface area contributed by atoms with Crippen LogP contribution in [0.4, 0.5) is 0 Å². The van der Waals surface area contributed by atoms with Crippen molar-refractivity contribution in [1.29, 1.82) is 0 Å². The van der Waals surface area contributed by atoms with Crippen molar-refractivity contribution in [3.05, 3.63) is 0 Å². The summed E-state index contributed by atoms with van der Waals surface area (Å²) in [7, 11) is 1.48. The first-order valence-corrected chi connectivity index (χ1v) is 26.5. The molecular weight excluding hydrogens is 701 g/mol. The third kappa shape index (κ3) is 52.9. The number of carboxylic acid groups (broad SMARTS) is 1. The largest absolute Gasteiger partial charge is 0.481 e. The molecule has 0 bridgehead atoms. The lowest BCUT2D eigenvalue weighted by molar-refractivity contribution is -0.141. The molecule has 0 amide bonds. The third-order valence-electron chi connectivity index (χ3n) is 12.7. The van der Waals surface area contributed by atoms with Gasteiger partial charge in [-0.3, -0.25) is 9.59 Å². The lowest BCUT2D eigenvalue weighted by atomic mass is 10.0. The van der Waals surface area contributed by atoms with Gasteiger partial charge in [0.15, 0.2) is 0 Å². The zero-order valence-corrected chi connectivity index (χ0v) is 39.0. The summed E-state index contributed by atoms with van der Waals surface area (Å²) in [5.41, 5.74) is 0. The van der Waals surface area contributed by atoms with Crippen LogP contribution in [-0.2, 0) is 14.3 Å². The summed E-state index contributed by atoms with van der Waals surface area (Å²) in [6.45, 7) is 0. The standard InChI is InChI=1S/C53H104O4/c1-57-53(56)51-49-47-45-43-41-39-37-35-33-31-29-27-25-23-21-19-17-15-13-11-9-7-5-3-2-4-6-8-10-12-14-16-18-20-22-24-26-28-30-32-34-36-38-40-42-44-46-48-50-52(54)55/h2-51H2,1H3,(H,54,55). The molecule has 0 atom stereocenters. The van der Waals surface area contributed by atoms with Crippen LogP contribution in [0.15, 0.2) is 0 Å². The molecule has 0 saturated heterocycles. The van der Waals surface area contributed by atoms with Gasteiger partial charge in [0, 0.05) is 12.8 Å². The number of carbonyl (C=O) groups is 2. The van der Waals surface area contributed by atoms with Crippen molar-refractivity contribution in [2.75, 3.05) is 7.11 Å². The van der Waals surface area contributed by atoms with E-state index in [2.05, 4.69) is 0 Å². The minimum absolute atomic E-state index is 0.0612. The van der Waals surface area contributed by atoms with Crippen LogP contribution in [0.5, 0.6) is 0 Å². The van der Waals surface area contributed by atoms with Crippen LogP contribution in [0.25, 0.3) is 0 Å². The highest BCUT2D eigenvalue weighted by atomic mass is 16.5. The van der Waals surface area contributed by atoms with Crippen LogP contribution in [0.1, 0.15) is 321 Å². The Morgan fingerprint density at radius 3 is 0.491 bits per heavy atom. The molecule has 0 rings (SSSR count). The minimum Gasteiger partial charge on any atom is -0.481 e. The quantitative estimate of drug-likeness (QED) is 0.0491. The molecule has 1 N–H and O–H groups in total. The Balaban J connectivity index is 3.07. The van der Waals surface area contributed by atoms with E-state index in [0.717, 1.165) is 19.3 Å². The van der Waals surface area contributed by atoms with Crippen LogP contribution in [0.3, 0.4) is 0 Å². The number of ether oxygens (including phenoxy) is 1. The Labute approximate surface area is 358 Å². The molecule has 0 aromatic rings. The summed E-state index contributed by atoms with van der Waals surface area (Å²) in [6, 6.07) is 0. The van der Waals surface area contributed by atoms with Crippen LogP contribution < -0.4 is 0 Å². The number of aliphatic carboxylic acids is 1. The van der Waals surface area contributed by atoms with Gasteiger partial charge in [0.25, 0.3) is 0 Å². The van der Waals surface area contributed by atoms with E-state index in [1.807, 2.05) is 0 Å². The van der Waals surface area contributed by atoms with Crippen molar-refractivity contribution >= 4 is 11.9 Å². The second-order valence-electron chi connectivity index (χ2n) is 18.4. The van der Waals surface area contributed by atoms with Gasteiger partial charge in [-0.2, -0.15) is 0 Å². The number of hydrogen-bond donors (Lipinski definition) is 1. The van der Waals surface area contributed by atoms with Crippen LogP contribution >= 0.6 is 0 Å². The van der Waals surface area contributed by atoms with Gasteiger partial charge in [0.1, 0.15) is 0 Å². The monoisotopic (exact) mass is 805 g/mol. The van der Waals surface area contributed by atoms with Gasteiger partial charge in [0.05, 0.1) is 7.11 Å². The molecule has 0 aromatic heterocycles. The fraction of sp³-hybridized carbons (Fsp3) is 0.962. The van der Waals surface area contributed by atoms with Crippen molar-refractivity contribution in [3.63, 3.8) is 0 Å². The maximum Gasteiger partial charge on any atom is 0.305 e. The molecule has 0 fully saturated rings. The van der Waals surface area contributed by atoms with Crippen LogP contribution in [0.2, 0.25) is 0 Å². The van der Waals surface area contributed by atoms with Gasteiger partial charge in [-0.05, 0) is 12.8 Å². The number of carboxylic acids is 1. The number of methoxy groups -OCH3 is 1. The first-order chi connectivity index (χ1) is 28.2. The summed E-state index contributed by atoms with van der Waals surface area (Å²) in [6.07, 6.45) is 68.1. The predicted octanol–water partition coefficient (Wildman–Crippen LogP) is 18.7. The number of hydrogen-bond acceptors (Lipinski definition) is 3. The van der Waals surface area contributed by atoms with Crippen molar-refractivity contribution in [2.24, 2.45) is 0 Å². The van der Waals surface area contributed by atoms with Crippen molar-refractivity contribution in [3.8, 4) is 0 Å². The number of carbonyl (C=O) groups excluding carboxylic acids is 1. The van der Waals surface area contributed by atoms with E-state index in [4.69, 9.17) is 9.84 Å². The van der Waals surface area contributed by atoms with Gasteiger partial charge >= 0.3 is 11.9 Å². The fourth-order valence-electron chi connectivity index (χ4n) is 8.78. The Morgan fingerprint density at radius 2 is 0.368 bits per heavy atom. The maximum atomic E-state index is 11.1. The topological polar surface area (TPSA) is 63.6 Å². The average Bonchev–Trinajstić information content (AvgIpc) is 3.21. The first kappa shape index (κ1) is 55.9. The second kappa shape index (κ2) is 51.1. The lowest BCUT2D eigenvalue weighted by Crippen LogP contribution is -1.99. The average molecular weight is 805 g/mol. The summed E-state index contributed by atoms with van der Waals surface area (Å²) in [4.78, 5) is 21.6. The molecule has 0 spiro atoms. The van der Waals surface area contributed by atoms with Gasteiger partial charge < -0.3 is 9.84 Å². The molecule has 0 radical (unpaired) electrons. The van der Waals surface area contributed by atoms with Crippen LogP contribution in [-0.4, -0.2) is 24.2 Å². The Hall–Kier alpha value is -1.06. The maximum absolute atomic E-state index is 11.1. The molecule has 0 saturated carbocycles. The van der Waals surface area contributed by atoms with Gasteiger partial charge in [-0.15, -0.1) is 0 Å². The van der Waals surface area contributed by atoms with E-state index in [9.17, 15) is 9.59 Å². The SMILES string of the molecule is COC(=O)CCCCCCCCCCCCCCCCCCCCCCCCCCCCCCCCCCCCCCCCCCCCCCCCCCC(=O)O.